The Morgan fingerprint density at radius 2 is 0.583 bits per heavy atom. The summed E-state index contributed by atoms with van der Waals surface area (Å²) in [6, 6.07) is 52.9. The number of rotatable bonds is 7. The number of aromatic hydroxyl groups is 2. The van der Waals surface area contributed by atoms with E-state index in [9.17, 15) is 5.11 Å². The summed E-state index contributed by atoms with van der Waals surface area (Å²) >= 11 is 8.38. The van der Waals surface area contributed by atoms with Gasteiger partial charge in [0.2, 0.25) is 0 Å². The fourth-order valence-corrected chi connectivity index (χ4v) is 11.1. The summed E-state index contributed by atoms with van der Waals surface area (Å²) in [6.07, 6.45) is 20.4. The van der Waals surface area contributed by atoms with Gasteiger partial charge in [-0.25, -0.2) is 57.2 Å². The zero-order chi connectivity index (χ0) is 79.4. The average molecular weight is 1740 g/mol. The molecule has 0 saturated carbocycles. The third-order valence-corrected chi connectivity index (χ3v) is 16.1. The summed E-state index contributed by atoms with van der Waals surface area (Å²) in [6.45, 7) is 2.04. The molecule has 0 saturated heterocycles. The summed E-state index contributed by atoms with van der Waals surface area (Å²) in [5.74, 6) is 2.85. The summed E-state index contributed by atoms with van der Waals surface area (Å²) in [4.78, 5) is 0. The molecule has 0 spiro atoms. The maximum absolute atomic E-state index is 9.66. The van der Waals surface area contributed by atoms with Crippen molar-refractivity contribution in [1.82, 2.24) is 57.7 Å². The van der Waals surface area contributed by atoms with Crippen molar-refractivity contribution in [2.45, 2.75) is 6.92 Å². The number of nitrogens with two attached hydrogens (primary N) is 8. The predicted molar refractivity (Wildman–Crippen MR) is 461 cm³/mol. The van der Waals surface area contributed by atoms with Crippen molar-refractivity contribution in [1.29, 1.82) is 0 Å². The smallest absolute Gasteiger partial charge is 0.567 e. The molecule has 12 heterocycles. The molecule has 16 rings (SSSR count). The van der Waals surface area contributed by atoms with Crippen molar-refractivity contribution in [3.05, 3.63) is 263 Å². The number of benzene rings is 4. The second kappa shape index (κ2) is 46.2. The first kappa shape index (κ1) is 88.5. The van der Waals surface area contributed by atoms with Crippen molar-refractivity contribution in [3.8, 4) is 67.9 Å². The van der Waals surface area contributed by atoms with Crippen LogP contribution in [0, 0.1) is 6.92 Å². The van der Waals surface area contributed by atoms with E-state index in [1.54, 1.807) is 121 Å². The number of pyridine rings is 6. The van der Waals surface area contributed by atoms with E-state index in [0.29, 0.717) is 17.2 Å². The molecule has 0 unspecified atom stereocenters. The molecule has 12 aromatic heterocycles. The number of halogens is 6. The van der Waals surface area contributed by atoms with Gasteiger partial charge < -0.3 is 74.8 Å². The number of methoxy groups -OCH3 is 1. The first-order valence-electron chi connectivity index (χ1n) is 31.7. The lowest BCUT2D eigenvalue weighted by Crippen LogP contribution is -1.94. The molecule has 18 N–H and O–H groups in total. The number of nitrogen functional groups attached to an aromatic ring is 4. The van der Waals surface area contributed by atoms with Crippen LogP contribution in [-0.4, -0.2) is 139 Å². The standard InChI is InChI=1S/2C13H10BN3O.C13H11N3O.C8H7BrN2O.C7H4BBrN2O.C7H5BrN2O.C7H9N.4CH5N.Al.3ClH.4H2/c2*14-18-11-7-12(9-1-3-10(15)4-2-9)13-5-6-16-17(13)8-11;14-10-3-1-9(2-4-10)12-7-11(17)8-16-13(12)5-6-15-16;1-12-6-4-7(9)8-2-3-10-11(8)5-6;8-12-5-3-6(9)7-1-2-10-11(7)4-5;8-6-3-5(11)4-10-7(6)1-2-9-10;1-6-2-4-7(8)5-3-6;4*1-2;;;;;;;;/h2*1-8H,15H2;1-8,17H,14H2;2-5H,1H3;1-4H;1-4,11H;2-5H,8H2,1H3;4*2H2,1H3;;7*1H/q;;;;;;;;;;;+3;;;;;;;/p-3/i;;;;;;;;;;;;;;;4*1+1. The van der Waals surface area contributed by atoms with E-state index >= 15 is 0 Å². The van der Waals surface area contributed by atoms with Crippen LogP contribution in [0.2, 0.25) is 0 Å². The molecule has 0 bridgehead atoms. The third-order valence-electron chi connectivity index (χ3n) is 14.2. The van der Waals surface area contributed by atoms with E-state index in [1.165, 1.54) is 33.8 Å². The molecule has 0 aliphatic rings. The van der Waals surface area contributed by atoms with Crippen molar-refractivity contribution in [2.24, 2.45) is 22.9 Å². The van der Waals surface area contributed by atoms with Crippen molar-refractivity contribution < 1.29 is 34.6 Å². The minimum Gasteiger partial charge on any atom is -0.567 e. The van der Waals surface area contributed by atoms with Crippen molar-refractivity contribution in [3.63, 3.8) is 0 Å². The van der Waals surface area contributed by atoms with Gasteiger partial charge in [-0.15, -0.1) is 0 Å². The van der Waals surface area contributed by atoms with Gasteiger partial charge in [-0.2, -0.15) is 30.6 Å². The highest BCUT2D eigenvalue weighted by Crippen LogP contribution is 2.33. The molecule has 0 aliphatic heterocycles. The fourth-order valence-electron chi connectivity index (χ4n) is 9.47. The Hall–Kier alpha value is -10.1. The molecule has 108 heavy (non-hydrogen) atoms. The number of hydrogen-bond donors (Lipinski definition) is 10. The number of fused-ring (bicyclic) bond motifs is 6. The summed E-state index contributed by atoms with van der Waals surface area (Å²) in [5, 5.41) is 43.4. The molecule has 0 atom stereocenters. The van der Waals surface area contributed by atoms with Crippen LogP contribution >= 0.6 is 77.9 Å². The lowest BCUT2D eigenvalue weighted by Gasteiger charge is -2.08. The first-order chi connectivity index (χ1) is 52.2. The molecular weight excluding hydrogens is 1650 g/mol. The molecule has 26 nitrogen and oxygen atoms in total. The Labute approximate surface area is 675 Å². The third kappa shape index (κ3) is 26.1. The van der Waals surface area contributed by atoms with Crippen LogP contribution < -0.4 is 64.6 Å². The second-order valence-electron chi connectivity index (χ2n) is 20.9. The van der Waals surface area contributed by atoms with Gasteiger partial charge in [0.15, 0.2) is 0 Å². The van der Waals surface area contributed by atoms with E-state index in [4.69, 9.17) is 96.4 Å². The molecule has 4 aromatic carbocycles. The molecule has 0 amide bonds. The molecule has 6 radical (unpaired) electrons. The van der Waals surface area contributed by atoms with Gasteiger partial charge in [-0.3, -0.25) is 0 Å². The number of hydrogen-bond acceptors (Lipinski definition) is 20. The topological polar surface area (TPSA) is 389 Å². The highest BCUT2D eigenvalue weighted by atomic mass is 79.9. The number of nitrogens with zero attached hydrogens (tertiary/aromatic N) is 12. The molecule has 0 fully saturated rings. The Bertz CT molecular complexity index is 5120. The highest BCUT2D eigenvalue weighted by molar-refractivity contribution is 9.11. The second-order valence-corrected chi connectivity index (χ2v) is 29.9. The van der Waals surface area contributed by atoms with Gasteiger partial charge in [0.05, 0.1) is 115 Å². The molecule has 562 valence electrons. The van der Waals surface area contributed by atoms with Gasteiger partial charge in [0, 0.05) is 58.6 Å². The number of aryl methyl sites for hydroxylation is 1. The normalized spacial score (nSPS) is 9.81. The summed E-state index contributed by atoms with van der Waals surface area (Å²) in [5.41, 5.74) is 56.6. The van der Waals surface area contributed by atoms with Crippen LogP contribution in [0.25, 0.3) is 66.5 Å². The number of ether oxygens (including phenoxy) is 1. The Morgan fingerprint density at radius 3 is 0.889 bits per heavy atom. The maximum atomic E-state index is 9.66. The number of aromatic nitrogens is 12. The minimum absolute atomic E-state index is 0. The van der Waals surface area contributed by atoms with Crippen LogP contribution in [0.4, 0.5) is 22.7 Å². The van der Waals surface area contributed by atoms with E-state index in [-0.39, 0.29) is 17.2 Å². The van der Waals surface area contributed by atoms with Gasteiger partial charge in [0.25, 0.3) is 0 Å². The fraction of sp³-hybridized carbons (Fsp3) is 0.0833. The van der Waals surface area contributed by atoms with Crippen LogP contribution in [0.15, 0.2) is 258 Å². The SMILES string of the molecule is CN.CN.CN.CN.COc1cc(Br)c2ccnn2c1.Cc1ccc(N)cc1.Nc1ccc(-c2cc(O)cn3nccc23)cc1.Oc1cc(Br)c2ccnn2c1.[2HH].[2HH].[2HH].[2HH].[B]Oc1cc(-c2ccc(N)cc2)c2ccnn2c1.[B]Oc1cc(-c2ccc(N)cc2)c2ccnn2c1.[B]Oc1cc(Br)c2ccnn2c1.[Cl][Al]([Cl])[Cl]. The zero-order valence-electron chi connectivity index (χ0n) is 59.2. The van der Waals surface area contributed by atoms with Crippen LogP contribution in [0.5, 0.6) is 34.5 Å². The Balaban J connectivity index is 0.000000641. The summed E-state index contributed by atoms with van der Waals surface area (Å²) in [7, 11) is 37.9. The maximum Gasteiger partial charge on any atom is 0.643 e. The Morgan fingerprint density at radius 1 is 0.352 bits per heavy atom. The van der Waals surface area contributed by atoms with E-state index < -0.39 is 11.4 Å². The Kier molecular flexibility index (Phi) is 37.9. The first-order valence-corrected chi connectivity index (χ1v) is 39.3. The average Bonchev–Trinajstić information content (AvgIpc) is 1.06. The largest absolute Gasteiger partial charge is 0.643 e. The monoisotopic (exact) mass is 1730 g/mol. The zero-order valence-corrected chi connectivity index (χ0v) is 67.4. The van der Waals surface area contributed by atoms with Crippen molar-refractivity contribution >= 4 is 169 Å². The van der Waals surface area contributed by atoms with Gasteiger partial charge in [-0.1, -0.05) is 54.1 Å². The van der Waals surface area contributed by atoms with Gasteiger partial charge >= 0.3 is 35.5 Å². The van der Waals surface area contributed by atoms with Crippen LogP contribution in [0.1, 0.15) is 11.3 Å². The molecule has 0 aliphatic carbocycles. The van der Waals surface area contributed by atoms with E-state index in [0.717, 1.165) is 108 Å². The quantitative estimate of drug-likeness (QED) is 0.0523. The van der Waals surface area contributed by atoms with E-state index in [1.807, 2.05) is 165 Å². The van der Waals surface area contributed by atoms with E-state index in [2.05, 4.69) is 106 Å². The summed E-state index contributed by atoms with van der Waals surface area (Å²) < 4.78 is 32.2. The van der Waals surface area contributed by atoms with Gasteiger partial charge in [-0.05, 0) is 221 Å². The lowest BCUT2D eigenvalue weighted by molar-refractivity contribution is 0.411. The molecular formula is C72H84AlB3Br3Cl3N20O6. The van der Waals surface area contributed by atoms with Crippen molar-refractivity contribution in [2.75, 3.05) is 58.2 Å². The van der Waals surface area contributed by atoms with Gasteiger partial charge in [0.1, 0.15) is 34.5 Å². The number of anilines is 4. The van der Waals surface area contributed by atoms with Crippen LogP contribution in [-0.2, 0) is 0 Å². The van der Waals surface area contributed by atoms with Crippen LogP contribution in [0.3, 0.4) is 0 Å². The molecule has 36 heteroatoms. The lowest BCUT2D eigenvalue weighted by atomic mass is 10.0. The molecule has 16 aromatic rings. The predicted octanol–water partition coefficient (Wildman–Crippen LogP) is 14.4. The highest BCUT2D eigenvalue weighted by Gasteiger charge is 2.12. The minimum atomic E-state index is -1.72.